The fraction of sp³-hybridized carbons (Fsp3) is 0.136. The summed E-state index contributed by atoms with van der Waals surface area (Å²) in [6, 6.07) is 11.2. The van der Waals surface area contributed by atoms with Gasteiger partial charge in [0.05, 0.1) is 34.7 Å². The number of carbonyl (C=O) groups is 2. The summed E-state index contributed by atoms with van der Waals surface area (Å²) in [6.07, 6.45) is 2.27. The molecule has 180 valence electrons. The van der Waals surface area contributed by atoms with Crippen LogP contribution in [0.3, 0.4) is 0 Å². The first-order chi connectivity index (χ1) is 16.6. The highest BCUT2D eigenvalue weighted by atomic mass is 35.5. The van der Waals surface area contributed by atoms with Crippen LogP contribution in [0, 0.1) is 5.41 Å². The minimum Gasteiger partial charge on any atom is -0.490 e. The minimum absolute atomic E-state index is 0.00249. The van der Waals surface area contributed by atoms with Crippen LogP contribution in [0.4, 0.5) is 0 Å². The molecule has 2 aromatic carbocycles. The van der Waals surface area contributed by atoms with Gasteiger partial charge in [0, 0.05) is 6.26 Å². The molecule has 1 N–H and O–H groups in total. The Labute approximate surface area is 209 Å². The number of hydrogen-bond donors (Lipinski definition) is 1. The maximum atomic E-state index is 12.6. The van der Waals surface area contributed by atoms with Crippen LogP contribution in [0.15, 0.2) is 57.4 Å². The number of rotatable bonds is 5. The number of ether oxygens (including phenoxy) is 2. The van der Waals surface area contributed by atoms with Gasteiger partial charge in [0.2, 0.25) is 20.2 Å². The normalized spacial score (nSPS) is 16.7. The number of aliphatic imine (C=N–C) groups is 1. The Morgan fingerprint density at radius 3 is 2.63 bits per heavy atom. The molecule has 10 nitrogen and oxygen atoms in total. The van der Waals surface area contributed by atoms with Crippen molar-refractivity contribution in [3.05, 3.63) is 64.2 Å². The van der Waals surface area contributed by atoms with Gasteiger partial charge in [-0.3, -0.25) is 10.2 Å². The second kappa shape index (κ2) is 9.64. The highest BCUT2D eigenvalue weighted by Crippen LogP contribution is 2.38. The van der Waals surface area contributed by atoms with Crippen LogP contribution in [0.1, 0.15) is 22.8 Å². The molecule has 0 aromatic heterocycles. The quantitative estimate of drug-likeness (QED) is 0.267. The maximum absolute atomic E-state index is 12.6. The average Bonchev–Trinajstić information content (AvgIpc) is 3.24. The van der Waals surface area contributed by atoms with Gasteiger partial charge in [-0.25, -0.2) is 18.1 Å². The molecule has 0 saturated carbocycles. The molecule has 13 heteroatoms. The van der Waals surface area contributed by atoms with Crippen LogP contribution in [-0.2, 0) is 14.6 Å². The zero-order chi connectivity index (χ0) is 25.3. The van der Waals surface area contributed by atoms with Crippen molar-refractivity contribution >= 4 is 67.5 Å². The number of nitrogens with one attached hydrogen (secondary N) is 1. The molecule has 4 rings (SSSR count). The summed E-state index contributed by atoms with van der Waals surface area (Å²) in [4.78, 5) is 30.0. The Kier molecular flexibility index (Phi) is 6.79. The molecule has 0 fully saturated rings. The number of carbonyl (C=O) groups excluding carboxylic acids is 2. The van der Waals surface area contributed by atoms with E-state index in [2.05, 4.69) is 9.39 Å². The molecule has 0 spiro atoms. The van der Waals surface area contributed by atoms with Crippen LogP contribution in [0.5, 0.6) is 11.5 Å². The van der Waals surface area contributed by atoms with Gasteiger partial charge in [-0.2, -0.15) is 9.39 Å². The zero-order valence-corrected chi connectivity index (χ0v) is 20.7. The van der Waals surface area contributed by atoms with Crippen LogP contribution in [-0.4, -0.2) is 54.2 Å². The predicted molar refractivity (Wildman–Crippen MR) is 134 cm³/mol. The van der Waals surface area contributed by atoms with Gasteiger partial charge in [0.15, 0.2) is 11.5 Å². The maximum Gasteiger partial charge on any atom is 0.343 e. The molecule has 0 unspecified atom stereocenters. The van der Waals surface area contributed by atoms with Crippen molar-refractivity contribution in [2.75, 3.05) is 12.9 Å². The van der Waals surface area contributed by atoms with Crippen molar-refractivity contribution in [3.63, 3.8) is 0 Å². The third-order valence-electron chi connectivity index (χ3n) is 4.67. The minimum atomic E-state index is -3.78. The van der Waals surface area contributed by atoms with Gasteiger partial charge in [0.1, 0.15) is 5.84 Å². The van der Waals surface area contributed by atoms with E-state index in [0.717, 1.165) is 11.2 Å². The third-order valence-corrected chi connectivity index (χ3v) is 6.71. The molecule has 0 saturated heterocycles. The van der Waals surface area contributed by atoms with Gasteiger partial charge >= 0.3 is 5.97 Å². The third kappa shape index (κ3) is 4.99. The van der Waals surface area contributed by atoms with E-state index in [-0.39, 0.29) is 39.0 Å². The fourth-order valence-corrected chi connectivity index (χ4v) is 5.27. The highest BCUT2D eigenvalue weighted by Gasteiger charge is 2.41. The Morgan fingerprint density at radius 1 is 1.26 bits per heavy atom. The number of esters is 1. The topological polar surface area (TPSA) is 139 Å². The molecule has 2 aliphatic rings. The summed E-state index contributed by atoms with van der Waals surface area (Å²) in [5, 5.41) is 8.07. The van der Waals surface area contributed by atoms with E-state index in [9.17, 15) is 18.0 Å². The molecule has 0 radical (unpaired) electrons. The number of sulfone groups is 1. The van der Waals surface area contributed by atoms with Crippen molar-refractivity contribution in [2.24, 2.45) is 9.39 Å². The standard InChI is InChI=1S/C22H17ClN4O6S2/c1-3-32-16-11-12(10-15(23)17(16)33-20(29)13-7-5-4-6-8-13)9-14-18(24)27-21(25-19(14)28)34-26-22(27)35(2,30)31/h4-11,24H,3H2,1-2H3. The summed E-state index contributed by atoms with van der Waals surface area (Å²) in [5.41, 5.74) is 0.480. The van der Waals surface area contributed by atoms with E-state index in [1.54, 1.807) is 37.3 Å². The average molecular weight is 533 g/mol. The summed E-state index contributed by atoms with van der Waals surface area (Å²) in [6.45, 7) is 1.96. The monoisotopic (exact) mass is 532 g/mol. The van der Waals surface area contributed by atoms with Crippen molar-refractivity contribution in [2.45, 2.75) is 6.92 Å². The van der Waals surface area contributed by atoms with Crippen molar-refractivity contribution < 1.29 is 27.5 Å². The zero-order valence-electron chi connectivity index (χ0n) is 18.3. The first kappa shape index (κ1) is 24.6. The van der Waals surface area contributed by atoms with E-state index in [0.29, 0.717) is 23.1 Å². The smallest absolute Gasteiger partial charge is 0.343 e. The number of benzene rings is 2. The van der Waals surface area contributed by atoms with E-state index in [1.165, 1.54) is 18.2 Å². The molecule has 1 amide bonds. The van der Waals surface area contributed by atoms with Gasteiger partial charge in [-0.1, -0.05) is 29.8 Å². The largest absolute Gasteiger partial charge is 0.490 e. The van der Waals surface area contributed by atoms with Crippen LogP contribution in [0.2, 0.25) is 5.02 Å². The van der Waals surface area contributed by atoms with Crippen LogP contribution in [0.25, 0.3) is 6.08 Å². The lowest BCUT2D eigenvalue weighted by molar-refractivity contribution is -0.114. The summed E-state index contributed by atoms with van der Waals surface area (Å²) < 4.78 is 39.0. The Bertz CT molecular complexity index is 1450. The number of amides is 1. The molecule has 2 aromatic rings. The Morgan fingerprint density at radius 2 is 1.97 bits per heavy atom. The summed E-state index contributed by atoms with van der Waals surface area (Å²) >= 11 is 7.10. The summed E-state index contributed by atoms with van der Waals surface area (Å²) in [7, 11) is -3.78. The fourth-order valence-electron chi connectivity index (χ4n) is 3.16. The lowest BCUT2D eigenvalue weighted by Crippen LogP contribution is -2.45. The van der Waals surface area contributed by atoms with Crippen LogP contribution < -0.4 is 9.47 Å². The lowest BCUT2D eigenvalue weighted by Gasteiger charge is -2.24. The SMILES string of the molecule is CCOc1cc(C=C2C(=N)N3C(=NC2=O)SN=C3S(C)(=O)=O)cc(Cl)c1OC(=O)c1ccccc1. The van der Waals surface area contributed by atoms with Crippen molar-refractivity contribution in [1.82, 2.24) is 4.90 Å². The van der Waals surface area contributed by atoms with Gasteiger partial charge in [0.25, 0.3) is 5.91 Å². The molecule has 0 bridgehead atoms. The molecule has 0 atom stereocenters. The second-order valence-electron chi connectivity index (χ2n) is 7.20. The molecule has 2 aliphatic heterocycles. The van der Waals surface area contributed by atoms with E-state index < -0.39 is 27.5 Å². The molecular formula is C22H17ClN4O6S2. The molecular weight excluding hydrogens is 516 g/mol. The molecule has 35 heavy (non-hydrogen) atoms. The van der Waals surface area contributed by atoms with E-state index >= 15 is 0 Å². The lowest BCUT2D eigenvalue weighted by atomic mass is 10.1. The number of halogens is 1. The van der Waals surface area contributed by atoms with E-state index in [1.807, 2.05) is 0 Å². The number of fused-ring (bicyclic) bond motifs is 1. The van der Waals surface area contributed by atoms with Gasteiger partial charge in [-0.15, -0.1) is 0 Å². The predicted octanol–water partition coefficient (Wildman–Crippen LogP) is 3.58. The number of amidine groups is 3. The van der Waals surface area contributed by atoms with Gasteiger partial charge in [-0.05, 0) is 42.8 Å². The molecule has 0 aliphatic carbocycles. The number of nitrogens with zero attached hydrogens (tertiary/aromatic N) is 3. The summed E-state index contributed by atoms with van der Waals surface area (Å²) in [5.74, 6) is -1.64. The molecule has 2 heterocycles. The number of hydrogen-bond acceptors (Lipinski definition) is 9. The van der Waals surface area contributed by atoms with Gasteiger partial charge < -0.3 is 9.47 Å². The Balaban J connectivity index is 1.71. The van der Waals surface area contributed by atoms with Crippen LogP contribution >= 0.6 is 23.5 Å². The highest BCUT2D eigenvalue weighted by molar-refractivity contribution is 8.16. The van der Waals surface area contributed by atoms with Crippen molar-refractivity contribution in [3.8, 4) is 11.5 Å². The first-order valence-corrected chi connectivity index (χ1v) is 13.1. The Hall–Kier alpha value is -3.48. The van der Waals surface area contributed by atoms with Crippen molar-refractivity contribution in [1.29, 1.82) is 5.41 Å². The second-order valence-corrected chi connectivity index (χ2v) is 10.2. The van der Waals surface area contributed by atoms with E-state index in [4.69, 9.17) is 26.5 Å². The first-order valence-electron chi connectivity index (χ1n) is 10.0.